The molecule has 20 heavy (non-hydrogen) atoms. The van der Waals surface area contributed by atoms with E-state index in [1.807, 2.05) is 4.90 Å². The summed E-state index contributed by atoms with van der Waals surface area (Å²) in [5, 5.41) is 10.0. The summed E-state index contributed by atoms with van der Waals surface area (Å²) in [5.41, 5.74) is 0.573. The molecule has 1 aliphatic rings. The van der Waals surface area contributed by atoms with E-state index in [1.54, 1.807) is 25.1 Å². The first-order valence-electron chi connectivity index (χ1n) is 6.85. The molecule has 0 aromatic heterocycles. The second-order valence-corrected chi connectivity index (χ2v) is 5.64. The normalized spacial score (nSPS) is 20.0. The van der Waals surface area contributed by atoms with E-state index < -0.39 is 6.10 Å². The van der Waals surface area contributed by atoms with Crippen molar-refractivity contribution in [3.05, 3.63) is 28.8 Å². The van der Waals surface area contributed by atoms with Crippen LogP contribution in [0.2, 0.25) is 5.02 Å². The summed E-state index contributed by atoms with van der Waals surface area (Å²) in [6.45, 7) is 2.49. The van der Waals surface area contributed by atoms with Gasteiger partial charge in [0.05, 0.1) is 18.2 Å². The first kappa shape index (κ1) is 15.1. The van der Waals surface area contributed by atoms with Gasteiger partial charge in [0, 0.05) is 18.2 Å². The quantitative estimate of drug-likeness (QED) is 0.929. The van der Waals surface area contributed by atoms with E-state index in [-0.39, 0.29) is 11.9 Å². The number of methoxy groups -OCH3 is 1. The number of rotatable bonds is 4. The van der Waals surface area contributed by atoms with E-state index in [2.05, 4.69) is 0 Å². The third-order valence-electron chi connectivity index (χ3n) is 3.65. The van der Waals surface area contributed by atoms with Gasteiger partial charge in [0.1, 0.15) is 5.75 Å². The third kappa shape index (κ3) is 3.25. The molecule has 1 N–H and O–H groups in total. The van der Waals surface area contributed by atoms with Gasteiger partial charge in [0.15, 0.2) is 0 Å². The zero-order valence-electron chi connectivity index (χ0n) is 11.8. The van der Waals surface area contributed by atoms with Gasteiger partial charge in [-0.1, -0.05) is 11.6 Å². The van der Waals surface area contributed by atoms with E-state index in [1.165, 1.54) is 7.11 Å². The molecule has 2 rings (SSSR count). The number of aliphatic hydroxyl groups is 1. The van der Waals surface area contributed by atoms with Gasteiger partial charge < -0.3 is 14.7 Å². The number of likely N-dealkylation sites (tertiary alicyclic amines) is 1. The summed E-state index contributed by atoms with van der Waals surface area (Å²) >= 11 is 5.98. The van der Waals surface area contributed by atoms with Crippen molar-refractivity contribution in [3.63, 3.8) is 0 Å². The Kier molecular flexibility index (Phi) is 4.89. The van der Waals surface area contributed by atoms with E-state index in [9.17, 15) is 9.90 Å². The molecular formula is C15H20ClNO3. The maximum absolute atomic E-state index is 12.6. The van der Waals surface area contributed by atoms with E-state index in [4.69, 9.17) is 16.3 Å². The molecule has 1 aromatic rings. The SMILES string of the molecule is COc1cc(C(=O)N2CCCC2CC(C)O)ccc1Cl. The van der Waals surface area contributed by atoms with Gasteiger partial charge in [-0.15, -0.1) is 0 Å². The average Bonchev–Trinajstić information content (AvgIpc) is 2.85. The van der Waals surface area contributed by atoms with Gasteiger partial charge in [0.25, 0.3) is 5.91 Å². The molecule has 2 atom stereocenters. The number of nitrogens with zero attached hydrogens (tertiary/aromatic N) is 1. The fraction of sp³-hybridized carbons (Fsp3) is 0.533. The number of halogens is 1. The Morgan fingerprint density at radius 1 is 1.60 bits per heavy atom. The molecule has 1 aliphatic heterocycles. The summed E-state index contributed by atoms with van der Waals surface area (Å²) in [7, 11) is 1.53. The Hall–Kier alpha value is -1.26. The van der Waals surface area contributed by atoms with Crippen LogP contribution in [0.15, 0.2) is 18.2 Å². The van der Waals surface area contributed by atoms with Gasteiger partial charge >= 0.3 is 0 Å². The number of hydrogen-bond donors (Lipinski definition) is 1. The molecule has 0 radical (unpaired) electrons. The monoisotopic (exact) mass is 297 g/mol. The summed E-state index contributed by atoms with van der Waals surface area (Å²) < 4.78 is 5.15. The minimum absolute atomic E-state index is 0.0249. The highest BCUT2D eigenvalue weighted by atomic mass is 35.5. The minimum Gasteiger partial charge on any atom is -0.495 e. The lowest BCUT2D eigenvalue weighted by atomic mass is 10.1. The van der Waals surface area contributed by atoms with Gasteiger partial charge in [-0.2, -0.15) is 0 Å². The van der Waals surface area contributed by atoms with Crippen molar-refractivity contribution in [2.45, 2.75) is 38.3 Å². The van der Waals surface area contributed by atoms with Crippen LogP contribution in [0.5, 0.6) is 5.75 Å². The summed E-state index contributed by atoms with van der Waals surface area (Å²) in [6.07, 6.45) is 2.15. The highest BCUT2D eigenvalue weighted by Crippen LogP contribution is 2.28. The summed E-state index contributed by atoms with van der Waals surface area (Å²) in [5.74, 6) is 0.479. The molecule has 2 unspecified atom stereocenters. The molecule has 110 valence electrons. The fourth-order valence-electron chi connectivity index (χ4n) is 2.70. The predicted molar refractivity (Wildman–Crippen MR) is 78.4 cm³/mol. The molecule has 4 nitrogen and oxygen atoms in total. The van der Waals surface area contributed by atoms with Crippen molar-refractivity contribution in [3.8, 4) is 5.75 Å². The number of benzene rings is 1. The number of ether oxygens (including phenoxy) is 1. The maximum atomic E-state index is 12.6. The topological polar surface area (TPSA) is 49.8 Å². The first-order chi connectivity index (χ1) is 9.52. The standard InChI is InChI=1S/C15H20ClNO3/c1-10(18)8-12-4-3-7-17(12)15(19)11-5-6-13(16)14(9-11)20-2/h5-6,9-10,12,18H,3-4,7-8H2,1-2H3. The molecule has 0 saturated carbocycles. The summed E-state index contributed by atoms with van der Waals surface area (Å²) in [4.78, 5) is 14.4. The van der Waals surface area contributed by atoms with Crippen molar-refractivity contribution in [2.24, 2.45) is 0 Å². The smallest absolute Gasteiger partial charge is 0.254 e. The van der Waals surface area contributed by atoms with Crippen LogP contribution in [-0.2, 0) is 0 Å². The zero-order chi connectivity index (χ0) is 14.7. The molecule has 0 spiro atoms. The number of amides is 1. The van der Waals surface area contributed by atoms with Crippen molar-refractivity contribution >= 4 is 17.5 Å². The predicted octanol–water partition coefficient (Wildman–Crippen LogP) is 2.72. The average molecular weight is 298 g/mol. The zero-order valence-corrected chi connectivity index (χ0v) is 12.6. The van der Waals surface area contributed by atoms with Crippen LogP contribution in [0, 0.1) is 0 Å². The molecular weight excluding hydrogens is 278 g/mol. The first-order valence-corrected chi connectivity index (χ1v) is 7.23. The Bertz CT molecular complexity index is 490. The molecule has 1 heterocycles. The highest BCUT2D eigenvalue weighted by molar-refractivity contribution is 6.32. The second-order valence-electron chi connectivity index (χ2n) is 5.23. The van der Waals surface area contributed by atoms with Crippen LogP contribution < -0.4 is 4.74 Å². The van der Waals surface area contributed by atoms with Gasteiger partial charge in [-0.3, -0.25) is 4.79 Å². The van der Waals surface area contributed by atoms with Crippen LogP contribution in [0.1, 0.15) is 36.5 Å². The largest absolute Gasteiger partial charge is 0.495 e. The van der Waals surface area contributed by atoms with Gasteiger partial charge in [-0.05, 0) is 44.4 Å². The third-order valence-corrected chi connectivity index (χ3v) is 3.96. The molecule has 1 aromatic carbocycles. The van der Waals surface area contributed by atoms with Crippen LogP contribution in [-0.4, -0.2) is 41.7 Å². The van der Waals surface area contributed by atoms with Crippen LogP contribution in [0.3, 0.4) is 0 Å². The van der Waals surface area contributed by atoms with Gasteiger partial charge in [0.2, 0.25) is 0 Å². The van der Waals surface area contributed by atoms with Crippen LogP contribution in [0.25, 0.3) is 0 Å². The molecule has 0 bridgehead atoms. The maximum Gasteiger partial charge on any atom is 0.254 e. The Morgan fingerprint density at radius 3 is 3.00 bits per heavy atom. The second kappa shape index (κ2) is 6.46. The van der Waals surface area contributed by atoms with Crippen molar-refractivity contribution in [2.75, 3.05) is 13.7 Å². The molecule has 1 amide bonds. The molecule has 5 heteroatoms. The number of carbonyl (C=O) groups excluding carboxylic acids is 1. The van der Waals surface area contributed by atoms with Gasteiger partial charge in [-0.25, -0.2) is 0 Å². The van der Waals surface area contributed by atoms with Crippen LogP contribution in [0.4, 0.5) is 0 Å². The Balaban J connectivity index is 2.18. The highest BCUT2D eigenvalue weighted by Gasteiger charge is 2.30. The lowest BCUT2D eigenvalue weighted by Crippen LogP contribution is -2.37. The van der Waals surface area contributed by atoms with Crippen molar-refractivity contribution in [1.82, 2.24) is 4.90 Å². The molecule has 1 saturated heterocycles. The lowest BCUT2D eigenvalue weighted by molar-refractivity contribution is 0.0681. The van der Waals surface area contributed by atoms with E-state index >= 15 is 0 Å². The van der Waals surface area contributed by atoms with E-state index in [0.717, 1.165) is 19.4 Å². The lowest BCUT2D eigenvalue weighted by Gasteiger charge is -2.26. The Labute approximate surface area is 124 Å². The summed E-state index contributed by atoms with van der Waals surface area (Å²) in [6, 6.07) is 5.17. The molecule has 1 fully saturated rings. The molecule has 0 aliphatic carbocycles. The van der Waals surface area contributed by atoms with E-state index in [0.29, 0.717) is 22.8 Å². The fourth-order valence-corrected chi connectivity index (χ4v) is 2.90. The van der Waals surface area contributed by atoms with Crippen molar-refractivity contribution < 1.29 is 14.6 Å². The number of hydrogen-bond acceptors (Lipinski definition) is 3. The number of aliphatic hydroxyl groups excluding tert-OH is 1. The van der Waals surface area contributed by atoms with Crippen molar-refractivity contribution in [1.29, 1.82) is 0 Å². The minimum atomic E-state index is -0.395. The Morgan fingerprint density at radius 2 is 2.35 bits per heavy atom. The number of carbonyl (C=O) groups is 1. The van der Waals surface area contributed by atoms with Crippen LogP contribution >= 0.6 is 11.6 Å².